The van der Waals surface area contributed by atoms with Gasteiger partial charge in [0.2, 0.25) is 5.91 Å². The molecule has 1 N–H and O–H groups in total. The van der Waals surface area contributed by atoms with Crippen LogP contribution >= 0.6 is 11.8 Å². The highest BCUT2D eigenvalue weighted by atomic mass is 32.2. The van der Waals surface area contributed by atoms with E-state index in [9.17, 15) is 4.79 Å². The number of aromatic nitrogens is 1. The number of aliphatic imine (C=N–C) groups is 1. The van der Waals surface area contributed by atoms with E-state index in [0.29, 0.717) is 11.6 Å². The van der Waals surface area contributed by atoms with Gasteiger partial charge in [-0.15, -0.1) is 0 Å². The van der Waals surface area contributed by atoms with Gasteiger partial charge in [-0.25, -0.2) is 4.99 Å². The van der Waals surface area contributed by atoms with Gasteiger partial charge in [-0.05, 0) is 24.5 Å². The number of fused-ring (bicyclic) bond motifs is 1. The van der Waals surface area contributed by atoms with Gasteiger partial charge in [0.15, 0.2) is 5.82 Å². The van der Waals surface area contributed by atoms with E-state index in [4.69, 9.17) is 4.52 Å². The zero-order valence-corrected chi connectivity index (χ0v) is 14.2. The number of para-hydroxylation sites is 1. The number of hydrogen-bond donors (Lipinski definition) is 1. The Labute approximate surface area is 139 Å². The summed E-state index contributed by atoms with van der Waals surface area (Å²) in [6.07, 6.45) is 0.792. The fourth-order valence-electron chi connectivity index (χ4n) is 2.44. The lowest BCUT2D eigenvalue weighted by molar-refractivity contribution is -0.116. The highest BCUT2D eigenvalue weighted by Crippen LogP contribution is 2.33. The van der Waals surface area contributed by atoms with E-state index in [2.05, 4.69) is 21.5 Å². The Hall–Kier alpha value is -2.08. The first-order valence-corrected chi connectivity index (χ1v) is 8.47. The van der Waals surface area contributed by atoms with E-state index in [1.807, 2.05) is 32.0 Å². The van der Waals surface area contributed by atoms with Crippen LogP contribution in [-0.2, 0) is 11.2 Å². The predicted molar refractivity (Wildman–Crippen MR) is 93.3 cm³/mol. The Kier molecular flexibility index (Phi) is 4.52. The smallest absolute Gasteiger partial charge is 0.239 e. The second-order valence-corrected chi connectivity index (χ2v) is 7.12. The molecule has 6 heteroatoms. The molecular formula is C17H19N3O2S. The SMILES string of the molecule is Cc1cc(NC(=O)C(SC2=Nc3ccccc3C2)C(C)C)no1. The van der Waals surface area contributed by atoms with Crippen LogP contribution in [0.1, 0.15) is 25.2 Å². The number of benzene rings is 1. The number of thioether (sulfide) groups is 1. The molecule has 0 aliphatic carbocycles. The van der Waals surface area contributed by atoms with Gasteiger partial charge in [-0.3, -0.25) is 4.79 Å². The second kappa shape index (κ2) is 6.58. The maximum Gasteiger partial charge on any atom is 0.239 e. The van der Waals surface area contributed by atoms with Crippen LogP contribution in [0.2, 0.25) is 0 Å². The van der Waals surface area contributed by atoms with Crippen molar-refractivity contribution in [2.75, 3.05) is 5.32 Å². The maximum atomic E-state index is 12.6. The van der Waals surface area contributed by atoms with Crippen LogP contribution in [0.3, 0.4) is 0 Å². The number of anilines is 1. The Morgan fingerprint density at radius 2 is 2.13 bits per heavy atom. The van der Waals surface area contributed by atoms with Crippen LogP contribution in [0.5, 0.6) is 0 Å². The number of nitrogens with one attached hydrogen (secondary N) is 1. The number of carbonyl (C=O) groups excluding carboxylic acids is 1. The van der Waals surface area contributed by atoms with Gasteiger partial charge >= 0.3 is 0 Å². The summed E-state index contributed by atoms with van der Waals surface area (Å²) >= 11 is 1.53. The summed E-state index contributed by atoms with van der Waals surface area (Å²) in [6.45, 7) is 5.86. The van der Waals surface area contributed by atoms with Gasteiger partial charge in [0.1, 0.15) is 5.76 Å². The molecule has 0 saturated heterocycles. The minimum Gasteiger partial charge on any atom is -0.360 e. The van der Waals surface area contributed by atoms with Crippen molar-refractivity contribution in [1.29, 1.82) is 0 Å². The number of carbonyl (C=O) groups is 1. The van der Waals surface area contributed by atoms with Crippen LogP contribution in [0.4, 0.5) is 11.5 Å². The second-order valence-electron chi connectivity index (χ2n) is 5.91. The van der Waals surface area contributed by atoms with Crippen molar-refractivity contribution in [3.63, 3.8) is 0 Å². The molecule has 120 valence electrons. The first-order valence-electron chi connectivity index (χ1n) is 7.59. The lowest BCUT2D eigenvalue weighted by Crippen LogP contribution is -2.31. The zero-order valence-electron chi connectivity index (χ0n) is 13.4. The van der Waals surface area contributed by atoms with Crippen molar-refractivity contribution in [2.45, 2.75) is 32.4 Å². The first-order chi connectivity index (χ1) is 11.0. The summed E-state index contributed by atoms with van der Waals surface area (Å²) in [5.41, 5.74) is 2.22. The van der Waals surface area contributed by atoms with E-state index in [0.717, 1.165) is 17.2 Å². The standard InChI is InChI=1S/C17H19N3O2S/c1-10(2)16(17(21)19-14-8-11(3)22-20-14)23-15-9-12-6-4-5-7-13(12)18-15/h4-8,10,16H,9H2,1-3H3,(H,19,20,21). The van der Waals surface area contributed by atoms with Crippen molar-refractivity contribution in [3.05, 3.63) is 41.7 Å². The van der Waals surface area contributed by atoms with E-state index in [-0.39, 0.29) is 17.1 Å². The van der Waals surface area contributed by atoms with Crippen LogP contribution in [0.25, 0.3) is 0 Å². The molecule has 1 unspecified atom stereocenters. The number of nitrogens with zero attached hydrogens (tertiary/aromatic N) is 2. The Balaban J connectivity index is 1.69. The maximum absolute atomic E-state index is 12.6. The molecule has 1 aromatic carbocycles. The fourth-order valence-corrected chi connectivity index (χ4v) is 3.56. The molecule has 2 heterocycles. The largest absolute Gasteiger partial charge is 0.360 e. The topological polar surface area (TPSA) is 67.5 Å². The molecule has 3 rings (SSSR count). The average molecular weight is 329 g/mol. The third-order valence-electron chi connectivity index (χ3n) is 3.58. The highest BCUT2D eigenvalue weighted by Gasteiger charge is 2.27. The van der Waals surface area contributed by atoms with E-state index < -0.39 is 0 Å². The summed E-state index contributed by atoms with van der Waals surface area (Å²) in [7, 11) is 0. The molecule has 1 aliphatic rings. The van der Waals surface area contributed by atoms with Crippen molar-refractivity contribution in [2.24, 2.45) is 10.9 Å². The molecule has 23 heavy (non-hydrogen) atoms. The Morgan fingerprint density at radius 3 is 2.78 bits per heavy atom. The molecule has 0 spiro atoms. The number of hydrogen-bond acceptors (Lipinski definition) is 5. The molecule has 5 nitrogen and oxygen atoms in total. The highest BCUT2D eigenvalue weighted by molar-refractivity contribution is 8.15. The molecule has 1 atom stereocenters. The minimum absolute atomic E-state index is 0.0723. The van der Waals surface area contributed by atoms with Crippen molar-refractivity contribution in [3.8, 4) is 0 Å². The van der Waals surface area contributed by atoms with Crippen LogP contribution in [0, 0.1) is 12.8 Å². The molecule has 1 amide bonds. The third-order valence-corrected chi connectivity index (χ3v) is 5.10. The van der Waals surface area contributed by atoms with Crippen LogP contribution in [-0.4, -0.2) is 21.4 Å². The van der Waals surface area contributed by atoms with E-state index in [1.165, 1.54) is 17.3 Å². The molecular weight excluding hydrogens is 310 g/mol. The number of amides is 1. The number of aryl methyl sites for hydroxylation is 1. The van der Waals surface area contributed by atoms with Crippen molar-refractivity contribution in [1.82, 2.24) is 5.16 Å². The minimum atomic E-state index is -0.222. The van der Waals surface area contributed by atoms with Gasteiger partial charge in [-0.2, -0.15) is 0 Å². The summed E-state index contributed by atoms with van der Waals surface area (Å²) in [5.74, 6) is 1.23. The van der Waals surface area contributed by atoms with Gasteiger partial charge in [0.05, 0.1) is 16.0 Å². The first kappa shape index (κ1) is 15.8. The summed E-state index contributed by atoms with van der Waals surface area (Å²) in [5, 5.41) is 7.40. The molecule has 2 aromatic rings. The summed E-state index contributed by atoms with van der Waals surface area (Å²) < 4.78 is 4.99. The predicted octanol–water partition coefficient (Wildman–Crippen LogP) is 3.97. The molecule has 1 aromatic heterocycles. The van der Waals surface area contributed by atoms with Crippen molar-refractivity contribution < 1.29 is 9.32 Å². The monoisotopic (exact) mass is 329 g/mol. The molecule has 0 saturated carbocycles. The Morgan fingerprint density at radius 1 is 1.35 bits per heavy atom. The average Bonchev–Trinajstić information content (AvgIpc) is 3.09. The van der Waals surface area contributed by atoms with Crippen LogP contribution < -0.4 is 5.32 Å². The summed E-state index contributed by atoms with van der Waals surface area (Å²) in [6, 6.07) is 9.79. The zero-order chi connectivity index (χ0) is 16.4. The normalized spacial score (nSPS) is 14.5. The quantitative estimate of drug-likeness (QED) is 0.922. The fraction of sp³-hybridized carbons (Fsp3) is 0.353. The molecule has 0 fully saturated rings. The molecule has 0 radical (unpaired) electrons. The van der Waals surface area contributed by atoms with E-state index in [1.54, 1.807) is 13.0 Å². The third kappa shape index (κ3) is 3.64. The van der Waals surface area contributed by atoms with Gasteiger partial charge in [0, 0.05) is 12.5 Å². The van der Waals surface area contributed by atoms with E-state index >= 15 is 0 Å². The van der Waals surface area contributed by atoms with Gasteiger partial charge in [-0.1, -0.05) is 49.0 Å². The van der Waals surface area contributed by atoms with Crippen LogP contribution in [0.15, 0.2) is 39.8 Å². The molecule has 0 bridgehead atoms. The van der Waals surface area contributed by atoms with Crippen molar-refractivity contribution >= 4 is 34.2 Å². The Bertz CT molecular complexity index is 752. The number of rotatable bonds is 4. The lowest BCUT2D eigenvalue weighted by Gasteiger charge is -2.18. The van der Waals surface area contributed by atoms with Gasteiger partial charge < -0.3 is 9.84 Å². The lowest BCUT2D eigenvalue weighted by atomic mass is 10.1. The summed E-state index contributed by atoms with van der Waals surface area (Å²) in [4.78, 5) is 17.2. The molecule has 1 aliphatic heterocycles. The van der Waals surface area contributed by atoms with Gasteiger partial charge in [0.25, 0.3) is 0 Å².